The summed E-state index contributed by atoms with van der Waals surface area (Å²) in [7, 11) is 1.66. The Labute approximate surface area is 146 Å². The first-order valence-corrected chi connectivity index (χ1v) is 8.26. The Morgan fingerprint density at radius 2 is 1.28 bits per heavy atom. The zero-order valence-corrected chi connectivity index (χ0v) is 14.0. The Morgan fingerprint density at radius 3 is 1.76 bits per heavy atom. The van der Waals surface area contributed by atoms with Crippen molar-refractivity contribution in [2.24, 2.45) is 0 Å². The number of ether oxygens (including phenoxy) is 1. The van der Waals surface area contributed by atoms with Crippen LogP contribution in [0, 0.1) is 0 Å². The molecule has 0 bridgehead atoms. The normalized spacial score (nSPS) is 11.0. The molecule has 0 saturated carbocycles. The van der Waals surface area contributed by atoms with Gasteiger partial charge in [-0.05, 0) is 40.6 Å². The number of nitrogens with one attached hydrogen (secondary N) is 1. The van der Waals surface area contributed by atoms with Gasteiger partial charge in [0, 0.05) is 16.5 Å². The number of fused-ring (bicyclic) bond motifs is 2. The van der Waals surface area contributed by atoms with Gasteiger partial charge in [0.15, 0.2) is 0 Å². The minimum Gasteiger partial charge on any atom is -0.497 e. The van der Waals surface area contributed by atoms with E-state index in [1.165, 1.54) is 0 Å². The summed E-state index contributed by atoms with van der Waals surface area (Å²) in [4.78, 5) is 0. The average Bonchev–Trinajstić information content (AvgIpc) is 2.68. The monoisotopic (exact) mass is 329 g/mol. The van der Waals surface area contributed by atoms with E-state index in [0.717, 1.165) is 44.2 Å². The van der Waals surface area contributed by atoms with Gasteiger partial charge >= 0.3 is 0 Å². The predicted molar refractivity (Wildman–Crippen MR) is 104 cm³/mol. The molecule has 4 aromatic rings. The smallest absolute Gasteiger partial charge is 0.119 e. The van der Waals surface area contributed by atoms with Crippen LogP contribution in [0.5, 0.6) is 5.75 Å². The van der Waals surface area contributed by atoms with Crippen LogP contribution in [0.1, 0.15) is 5.56 Å². The van der Waals surface area contributed by atoms with E-state index in [-0.39, 0.29) is 6.61 Å². The molecule has 3 nitrogen and oxygen atoms in total. The SMILES string of the molecule is COc1ccc(Nc2c3ccccc3c(CO)c3ccccc23)cc1. The molecule has 0 aliphatic carbocycles. The average molecular weight is 329 g/mol. The summed E-state index contributed by atoms with van der Waals surface area (Å²) < 4.78 is 5.23. The van der Waals surface area contributed by atoms with E-state index >= 15 is 0 Å². The quantitative estimate of drug-likeness (QED) is 0.503. The molecule has 4 aromatic carbocycles. The fourth-order valence-corrected chi connectivity index (χ4v) is 3.34. The first kappa shape index (κ1) is 15.5. The lowest BCUT2D eigenvalue weighted by Crippen LogP contribution is -1.97. The maximum Gasteiger partial charge on any atom is 0.119 e. The summed E-state index contributed by atoms with van der Waals surface area (Å²) in [6.45, 7) is 0.0177. The lowest BCUT2D eigenvalue weighted by Gasteiger charge is -2.17. The second-order valence-electron chi connectivity index (χ2n) is 5.96. The van der Waals surface area contributed by atoms with E-state index < -0.39 is 0 Å². The maximum absolute atomic E-state index is 9.94. The Balaban J connectivity index is 1.97. The molecular formula is C22H19NO2. The number of aliphatic hydroxyl groups excluding tert-OH is 1. The molecule has 0 amide bonds. The summed E-state index contributed by atoms with van der Waals surface area (Å²) in [5.74, 6) is 0.830. The molecule has 0 radical (unpaired) electrons. The first-order chi connectivity index (χ1) is 12.3. The second kappa shape index (κ2) is 6.46. The van der Waals surface area contributed by atoms with E-state index in [1.807, 2.05) is 48.5 Å². The Kier molecular flexibility index (Phi) is 4.00. The number of rotatable bonds is 4. The summed E-state index contributed by atoms with van der Waals surface area (Å²) in [6, 6.07) is 24.3. The van der Waals surface area contributed by atoms with Gasteiger partial charge in [0.1, 0.15) is 5.75 Å². The van der Waals surface area contributed by atoms with Gasteiger partial charge in [0.25, 0.3) is 0 Å². The minimum absolute atomic E-state index is 0.0177. The molecule has 0 aliphatic heterocycles. The van der Waals surface area contributed by atoms with Crippen LogP contribution in [0.15, 0.2) is 72.8 Å². The van der Waals surface area contributed by atoms with Crippen LogP contribution < -0.4 is 10.1 Å². The lowest BCUT2D eigenvalue weighted by molar-refractivity contribution is 0.285. The van der Waals surface area contributed by atoms with Gasteiger partial charge in [0.05, 0.1) is 19.4 Å². The van der Waals surface area contributed by atoms with Crippen molar-refractivity contribution in [3.63, 3.8) is 0 Å². The molecule has 0 heterocycles. The van der Waals surface area contributed by atoms with Crippen molar-refractivity contribution in [3.8, 4) is 5.75 Å². The van der Waals surface area contributed by atoms with Crippen molar-refractivity contribution in [3.05, 3.63) is 78.4 Å². The molecular weight excluding hydrogens is 310 g/mol. The largest absolute Gasteiger partial charge is 0.497 e. The summed E-state index contributed by atoms with van der Waals surface area (Å²) in [5, 5.41) is 17.8. The molecule has 0 aliphatic rings. The van der Waals surface area contributed by atoms with Crippen LogP contribution >= 0.6 is 0 Å². The Bertz CT molecular complexity index is 982. The molecule has 3 heteroatoms. The van der Waals surface area contributed by atoms with E-state index in [1.54, 1.807) is 7.11 Å². The van der Waals surface area contributed by atoms with Crippen molar-refractivity contribution < 1.29 is 9.84 Å². The highest BCUT2D eigenvalue weighted by Gasteiger charge is 2.13. The number of methoxy groups -OCH3 is 1. The third kappa shape index (κ3) is 2.69. The molecule has 0 spiro atoms. The van der Waals surface area contributed by atoms with Crippen LogP contribution in [-0.4, -0.2) is 12.2 Å². The minimum atomic E-state index is 0.0177. The summed E-state index contributed by atoms with van der Waals surface area (Å²) in [5.41, 5.74) is 3.01. The fourth-order valence-electron chi connectivity index (χ4n) is 3.34. The van der Waals surface area contributed by atoms with Gasteiger partial charge in [-0.1, -0.05) is 48.5 Å². The summed E-state index contributed by atoms with van der Waals surface area (Å²) >= 11 is 0. The van der Waals surface area contributed by atoms with Crippen LogP contribution in [0.2, 0.25) is 0 Å². The lowest BCUT2D eigenvalue weighted by atomic mass is 9.95. The molecule has 0 aromatic heterocycles. The van der Waals surface area contributed by atoms with E-state index in [4.69, 9.17) is 4.74 Å². The molecule has 4 rings (SSSR count). The molecule has 25 heavy (non-hydrogen) atoms. The van der Waals surface area contributed by atoms with Crippen LogP contribution in [-0.2, 0) is 6.61 Å². The van der Waals surface area contributed by atoms with Gasteiger partial charge in [-0.25, -0.2) is 0 Å². The predicted octanol–water partition coefficient (Wildman–Crippen LogP) is 5.24. The third-order valence-corrected chi connectivity index (χ3v) is 4.56. The van der Waals surface area contributed by atoms with Crippen LogP contribution in [0.4, 0.5) is 11.4 Å². The maximum atomic E-state index is 9.94. The highest BCUT2D eigenvalue weighted by Crippen LogP contribution is 2.38. The molecule has 0 fully saturated rings. The topological polar surface area (TPSA) is 41.5 Å². The summed E-state index contributed by atoms with van der Waals surface area (Å²) in [6.07, 6.45) is 0. The van der Waals surface area contributed by atoms with Crippen molar-refractivity contribution in [2.75, 3.05) is 12.4 Å². The molecule has 2 N–H and O–H groups in total. The third-order valence-electron chi connectivity index (χ3n) is 4.56. The highest BCUT2D eigenvalue weighted by atomic mass is 16.5. The molecule has 0 saturated heterocycles. The zero-order valence-electron chi connectivity index (χ0n) is 14.0. The first-order valence-electron chi connectivity index (χ1n) is 8.26. The van der Waals surface area contributed by atoms with Crippen molar-refractivity contribution in [1.29, 1.82) is 0 Å². The van der Waals surface area contributed by atoms with Gasteiger partial charge in [-0.15, -0.1) is 0 Å². The highest BCUT2D eigenvalue weighted by molar-refractivity contribution is 6.14. The standard InChI is InChI=1S/C22H19NO2/c1-25-16-12-10-15(11-13-16)23-22-19-8-4-2-6-17(19)21(14-24)18-7-3-5-9-20(18)22/h2-13,23-24H,14H2,1H3. The van der Waals surface area contributed by atoms with Crippen molar-refractivity contribution in [2.45, 2.75) is 6.61 Å². The van der Waals surface area contributed by atoms with E-state index in [2.05, 4.69) is 29.6 Å². The zero-order chi connectivity index (χ0) is 17.2. The number of aliphatic hydroxyl groups is 1. The number of anilines is 2. The fraction of sp³-hybridized carbons (Fsp3) is 0.0909. The van der Waals surface area contributed by atoms with Crippen LogP contribution in [0.3, 0.4) is 0 Å². The van der Waals surface area contributed by atoms with Gasteiger partial charge in [-0.2, -0.15) is 0 Å². The van der Waals surface area contributed by atoms with Crippen LogP contribution in [0.25, 0.3) is 21.5 Å². The van der Waals surface area contributed by atoms with E-state index in [9.17, 15) is 5.11 Å². The molecule has 0 unspecified atom stereocenters. The second-order valence-corrected chi connectivity index (χ2v) is 5.96. The number of hydrogen-bond donors (Lipinski definition) is 2. The Hall–Kier alpha value is -3.04. The number of benzene rings is 4. The molecule has 0 atom stereocenters. The Morgan fingerprint density at radius 1 is 0.760 bits per heavy atom. The van der Waals surface area contributed by atoms with Gasteiger partial charge < -0.3 is 15.2 Å². The van der Waals surface area contributed by atoms with Crippen molar-refractivity contribution in [1.82, 2.24) is 0 Å². The van der Waals surface area contributed by atoms with E-state index in [0.29, 0.717) is 0 Å². The van der Waals surface area contributed by atoms with Crippen molar-refractivity contribution >= 4 is 32.9 Å². The van der Waals surface area contributed by atoms with Gasteiger partial charge in [0.2, 0.25) is 0 Å². The molecule has 124 valence electrons. The number of hydrogen-bond acceptors (Lipinski definition) is 3. The van der Waals surface area contributed by atoms with Gasteiger partial charge in [-0.3, -0.25) is 0 Å².